The molecule has 32 heavy (non-hydrogen) atoms. The summed E-state index contributed by atoms with van der Waals surface area (Å²) in [6.07, 6.45) is 5.95. The lowest BCUT2D eigenvalue weighted by atomic mass is 9.52. The van der Waals surface area contributed by atoms with Crippen molar-refractivity contribution in [3.05, 3.63) is 101 Å². The van der Waals surface area contributed by atoms with E-state index in [9.17, 15) is 10.2 Å². The van der Waals surface area contributed by atoms with Crippen molar-refractivity contribution in [1.29, 1.82) is 0 Å². The molecule has 0 heterocycles. The SMILES string of the molecule is Oc1ccc2c(c1)CC[C@@H]1C[C@@](O)(CC#Cc3ccccc3)CC[C@@]21Cc1ccccc1. The molecule has 3 aromatic carbocycles. The van der Waals surface area contributed by atoms with Crippen LogP contribution in [0.3, 0.4) is 0 Å². The number of benzene rings is 3. The maximum Gasteiger partial charge on any atom is 0.115 e. The summed E-state index contributed by atoms with van der Waals surface area (Å²) < 4.78 is 0. The second kappa shape index (κ2) is 8.49. The van der Waals surface area contributed by atoms with E-state index < -0.39 is 5.60 Å². The summed E-state index contributed by atoms with van der Waals surface area (Å²) in [6.45, 7) is 0. The van der Waals surface area contributed by atoms with Crippen LogP contribution in [0.2, 0.25) is 0 Å². The van der Waals surface area contributed by atoms with Crippen LogP contribution < -0.4 is 0 Å². The summed E-state index contributed by atoms with van der Waals surface area (Å²) in [5.41, 5.74) is 4.24. The summed E-state index contributed by atoms with van der Waals surface area (Å²) in [4.78, 5) is 0. The van der Waals surface area contributed by atoms with Crippen LogP contribution in [0.4, 0.5) is 0 Å². The van der Waals surface area contributed by atoms with E-state index in [2.05, 4.69) is 48.2 Å². The van der Waals surface area contributed by atoms with Gasteiger partial charge in [0.25, 0.3) is 0 Å². The van der Waals surface area contributed by atoms with Crippen molar-refractivity contribution in [1.82, 2.24) is 0 Å². The Morgan fingerprint density at radius 2 is 1.66 bits per heavy atom. The van der Waals surface area contributed by atoms with Crippen molar-refractivity contribution in [2.45, 2.75) is 56.0 Å². The van der Waals surface area contributed by atoms with E-state index in [1.807, 2.05) is 42.5 Å². The largest absolute Gasteiger partial charge is 0.508 e. The molecule has 2 nitrogen and oxygen atoms in total. The maximum absolute atomic E-state index is 11.5. The first kappa shape index (κ1) is 20.9. The van der Waals surface area contributed by atoms with Gasteiger partial charge in [0.1, 0.15) is 5.75 Å². The minimum Gasteiger partial charge on any atom is -0.508 e. The number of aromatic hydroxyl groups is 1. The number of hydrogen-bond donors (Lipinski definition) is 2. The molecule has 0 aliphatic heterocycles. The monoisotopic (exact) mass is 422 g/mol. The molecule has 2 aliphatic carbocycles. The van der Waals surface area contributed by atoms with E-state index in [0.29, 0.717) is 18.1 Å². The van der Waals surface area contributed by atoms with Gasteiger partial charge in [-0.3, -0.25) is 0 Å². The topological polar surface area (TPSA) is 40.5 Å². The summed E-state index contributed by atoms with van der Waals surface area (Å²) in [5, 5.41) is 21.6. The third-order valence-corrected chi connectivity index (χ3v) is 7.62. The Kier molecular flexibility index (Phi) is 5.53. The van der Waals surface area contributed by atoms with Gasteiger partial charge in [0.15, 0.2) is 0 Å². The molecule has 162 valence electrons. The Bertz CT molecular complexity index is 1140. The van der Waals surface area contributed by atoms with Crippen LogP contribution in [0.15, 0.2) is 78.9 Å². The predicted molar refractivity (Wildman–Crippen MR) is 128 cm³/mol. The molecule has 0 aromatic heterocycles. The van der Waals surface area contributed by atoms with Gasteiger partial charge in [-0.25, -0.2) is 0 Å². The highest BCUT2D eigenvalue weighted by atomic mass is 16.3. The van der Waals surface area contributed by atoms with Crippen molar-refractivity contribution in [2.24, 2.45) is 5.92 Å². The normalized spacial score (nSPS) is 26.3. The molecule has 1 fully saturated rings. The molecule has 2 aliphatic rings. The minimum atomic E-state index is -0.735. The number of rotatable bonds is 3. The lowest BCUT2D eigenvalue weighted by Gasteiger charge is -2.53. The Balaban J connectivity index is 1.44. The van der Waals surface area contributed by atoms with E-state index in [1.54, 1.807) is 0 Å². The molecule has 0 radical (unpaired) electrons. The standard InChI is InChI=1S/C30H30O2/c31-27-15-16-28-25(20-27)13-14-26-22-29(32,17-7-12-23-8-3-1-4-9-23)18-19-30(26,28)21-24-10-5-2-6-11-24/h1-6,8-11,15-16,20,26,31-32H,13-14,17-19,21-22H2/t26-,29-,30+/m1/s1. The number of aliphatic hydroxyl groups is 1. The van der Waals surface area contributed by atoms with Gasteiger partial charge in [-0.05, 0) is 85.4 Å². The smallest absolute Gasteiger partial charge is 0.115 e. The zero-order valence-corrected chi connectivity index (χ0v) is 18.4. The molecule has 0 saturated heterocycles. The van der Waals surface area contributed by atoms with Gasteiger partial charge in [-0.1, -0.05) is 66.4 Å². The van der Waals surface area contributed by atoms with Crippen LogP contribution in [-0.4, -0.2) is 15.8 Å². The van der Waals surface area contributed by atoms with E-state index in [-0.39, 0.29) is 5.41 Å². The van der Waals surface area contributed by atoms with E-state index in [4.69, 9.17) is 0 Å². The Morgan fingerprint density at radius 1 is 0.906 bits per heavy atom. The van der Waals surface area contributed by atoms with Crippen molar-refractivity contribution >= 4 is 0 Å². The number of aryl methyl sites for hydroxylation is 1. The predicted octanol–water partition coefficient (Wildman–Crippen LogP) is 5.79. The Hall–Kier alpha value is -3.02. The highest BCUT2D eigenvalue weighted by molar-refractivity contribution is 5.44. The van der Waals surface area contributed by atoms with Crippen LogP contribution in [0.5, 0.6) is 5.75 Å². The molecule has 0 spiro atoms. The zero-order chi connectivity index (χ0) is 22.0. The molecule has 3 atom stereocenters. The molecule has 2 N–H and O–H groups in total. The Labute approximate surface area is 191 Å². The molecule has 0 amide bonds. The number of hydrogen-bond acceptors (Lipinski definition) is 2. The number of fused-ring (bicyclic) bond motifs is 3. The second-order valence-electron chi connectivity index (χ2n) is 9.67. The quantitative estimate of drug-likeness (QED) is 0.524. The maximum atomic E-state index is 11.5. The summed E-state index contributed by atoms with van der Waals surface area (Å²) in [7, 11) is 0. The van der Waals surface area contributed by atoms with E-state index >= 15 is 0 Å². The first-order valence-electron chi connectivity index (χ1n) is 11.7. The third kappa shape index (κ3) is 4.06. The van der Waals surface area contributed by atoms with Crippen LogP contribution in [0.25, 0.3) is 0 Å². The Morgan fingerprint density at radius 3 is 2.44 bits per heavy atom. The average Bonchev–Trinajstić information content (AvgIpc) is 2.81. The fourth-order valence-electron chi connectivity index (χ4n) is 6.03. The molecule has 2 heteroatoms. The molecule has 3 aromatic rings. The number of phenols is 1. The summed E-state index contributed by atoms with van der Waals surface area (Å²) in [5.74, 6) is 7.23. The molecular formula is C30H30O2. The average molecular weight is 423 g/mol. The van der Waals surface area contributed by atoms with Gasteiger partial charge in [0.05, 0.1) is 5.60 Å². The van der Waals surface area contributed by atoms with Gasteiger partial charge in [0.2, 0.25) is 0 Å². The first-order chi connectivity index (χ1) is 15.6. The van der Waals surface area contributed by atoms with Crippen LogP contribution >= 0.6 is 0 Å². The van der Waals surface area contributed by atoms with Gasteiger partial charge in [0, 0.05) is 17.4 Å². The van der Waals surface area contributed by atoms with Crippen molar-refractivity contribution in [3.8, 4) is 17.6 Å². The van der Waals surface area contributed by atoms with Crippen molar-refractivity contribution in [3.63, 3.8) is 0 Å². The fourth-order valence-corrected chi connectivity index (χ4v) is 6.03. The van der Waals surface area contributed by atoms with Crippen LogP contribution in [0.1, 0.15) is 54.4 Å². The number of phenolic OH excluding ortho intramolecular Hbond substituents is 1. The van der Waals surface area contributed by atoms with E-state index in [0.717, 1.165) is 44.1 Å². The van der Waals surface area contributed by atoms with E-state index in [1.165, 1.54) is 16.7 Å². The lowest BCUT2D eigenvalue weighted by Crippen LogP contribution is -2.51. The van der Waals surface area contributed by atoms with Gasteiger partial charge in [-0.2, -0.15) is 0 Å². The highest BCUT2D eigenvalue weighted by Gasteiger charge is 2.51. The third-order valence-electron chi connectivity index (χ3n) is 7.62. The summed E-state index contributed by atoms with van der Waals surface area (Å²) in [6, 6.07) is 26.6. The summed E-state index contributed by atoms with van der Waals surface area (Å²) >= 11 is 0. The highest BCUT2D eigenvalue weighted by Crippen LogP contribution is 2.55. The first-order valence-corrected chi connectivity index (χ1v) is 11.7. The molecular weight excluding hydrogens is 392 g/mol. The molecule has 5 rings (SSSR count). The zero-order valence-electron chi connectivity index (χ0n) is 18.4. The van der Waals surface area contributed by atoms with Gasteiger partial charge in [-0.15, -0.1) is 0 Å². The van der Waals surface area contributed by atoms with Crippen molar-refractivity contribution < 1.29 is 10.2 Å². The van der Waals surface area contributed by atoms with Crippen molar-refractivity contribution in [2.75, 3.05) is 0 Å². The van der Waals surface area contributed by atoms with Gasteiger partial charge < -0.3 is 10.2 Å². The second-order valence-corrected chi connectivity index (χ2v) is 9.67. The lowest BCUT2D eigenvalue weighted by molar-refractivity contribution is -0.0468. The van der Waals surface area contributed by atoms with Crippen LogP contribution in [0, 0.1) is 17.8 Å². The molecule has 0 unspecified atom stereocenters. The van der Waals surface area contributed by atoms with Gasteiger partial charge >= 0.3 is 0 Å². The molecule has 1 saturated carbocycles. The molecule has 0 bridgehead atoms. The fraction of sp³-hybridized carbons (Fsp3) is 0.333. The minimum absolute atomic E-state index is 0.00171. The van der Waals surface area contributed by atoms with Crippen LogP contribution in [-0.2, 0) is 18.3 Å².